The maximum atomic E-state index is 4.24. The molecule has 0 aliphatic rings. The number of rotatable bonds is 31. The van der Waals surface area contributed by atoms with Crippen molar-refractivity contribution in [3.05, 3.63) is 12.4 Å². The first-order valence-corrected chi connectivity index (χ1v) is 17.3. The minimum Gasteiger partial charge on any atom is -0.372 e. The van der Waals surface area contributed by atoms with Crippen LogP contribution in [-0.2, 0) is 0 Å². The molecule has 0 radical (unpaired) electrons. The van der Waals surface area contributed by atoms with Crippen LogP contribution in [0.4, 0.5) is 0 Å². The fourth-order valence-corrected chi connectivity index (χ4v) is 5.45. The Kier molecular flexibility index (Phi) is 29.4. The second kappa shape index (κ2) is 29.9. The van der Waals surface area contributed by atoms with Crippen LogP contribution >= 0.6 is 0 Å². The molecule has 0 rings (SSSR count). The van der Waals surface area contributed by atoms with E-state index in [-0.39, 0.29) is 2.85 Å². The van der Waals surface area contributed by atoms with Gasteiger partial charge in [-0.3, -0.25) is 0 Å². The summed E-state index contributed by atoms with van der Waals surface area (Å²) in [7, 11) is 0. The molecule has 2 nitrogen and oxygen atoms in total. The van der Waals surface area contributed by atoms with Crippen molar-refractivity contribution >= 4 is 0 Å². The topological polar surface area (TPSA) is 24.1 Å². The van der Waals surface area contributed by atoms with Crippen LogP contribution in [0, 0.1) is 11.8 Å². The van der Waals surface area contributed by atoms with E-state index < -0.39 is 0 Å². The van der Waals surface area contributed by atoms with Crippen molar-refractivity contribution in [2.24, 2.45) is 11.8 Å². The molecule has 0 amide bonds. The molecule has 0 saturated heterocycles. The van der Waals surface area contributed by atoms with Crippen LogP contribution in [0.25, 0.3) is 0 Å². The maximum absolute atomic E-state index is 4.24. The lowest BCUT2D eigenvalue weighted by Crippen LogP contribution is -2.30. The van der Waals surface area contributed by atoms with Crippen molar-refractivity contribution in [2.75, 3.05) is 13.1 Å². The van der Waals surface area contributed by atoms with Gasteiger partial charge in [0.25, 0.3) is 0 Å². The van der Waals surface area contributed by atoms with Gasteiger partial charge in [0, 0.05) is 15.9 Å². The zero-order valence-electron chi connectivity index (χ0n) is 26.5. The summed E-state index contributed by atoms with van der Waals surface area (Å²) >= 11 is 0. The molecule has 0 bridgehead atoms. The van der Waals surface area contributed by atoms with E-state index in [1.807, 2.05) is 0 Å². The van der Waals surface area contributed by atoms with E-state index in [1.54, 1.807) is 0 Å². The highest BCUT2D eigenvalue weighted by Crippen LogP contribution is 2.20. The highest BCUT2D eigenvalue weighted by Gasteiger charge is 2.09. The summed E-state index contributed by atoms with van der Waals surface area (Å²) < 4.78 is 0. The quantitative estimate of drug-likeness (QED) is 0.0881. The van der Waals surface area contributed by atoms with Gasteiger partial charge in [-0.2, -0.15) is 0 Å². The fourth-order valence-electron chi connectivity index (χ4n) is 5.45. The Morgan fingerprint density at radius 3 is 1.27 bits per heavy atom. The van der Waals surface area contributed by atoms with Gasteiger partial charge in [0.2, 0.25) is 0 Å². The fraction of sp³-hybridized carbons (Fsp3) is 0.943. The molecule has 37 heavy (non-hydrogen) atoms. The molecule has 0 spiro atoms. The number of hydrogen-bond acceptors (Lipinski definition) is 2. The third-order valence-corrected chi connectivity index (χ3v) is 8.08. The molecule has 0 saturated carbocycles. The van der Waals surface area contributed by atoms with Crippen molar-refractivity contribution in [3.8, 4) is 0 Å². The van der Waals surface area contributed by atoms with Crippen molar-refractivity contribution < 1.29 is 2.85 Å². The molecule has 1 atom stereocenters. The normalized spacial score (nSPS) is 12.2. The summed E-state index contributed by atoms with van der Waals surface area (Å²) in [6.45, 7) is 15.6. The van der Waals surface area contributed by atoms with Crippen molar-refractivity contribution in [3.63, 3.8) is 0 Å². The van der Waals surface area contributed by atoms with E-state index in [0.29, 0.717) is 0 Å². The zero-order valence-corrected chi connectivity index (χ0v) is 26.5. The van der Waals surface area contributed by atoms with Gasteiger partial charge in [-0.15, -0.1) is 0 Å². The van der Waals surface area contributed by atoms with E-state index in [2.05, 4.69) is 44.9 Å². The van der Waals surface area contributed by atoms with Crippen LogP contribution in [0.15, 0.2) is 12.4 Å². The molecule has 0 aromatic rings. The van der Waals surface area contributed by atoms with Crippen molar-refractivity contribution in [2.45, 2.75) is 188 Å². The first-order valence-electron chi connectivity index (χ1n) is 17.3. The highest BCUT2D eigenvalue weighted by atomic mass is 15.1. The summed E-state index contributed by atoms with van der Waals surface area (Å²) in [5.74, 6) is 2.64. The Morgan fingerprint density at radius 1 is 0.514 bits per heavy atom. The van der Waals surface area contributed by atoms with Gasteiger partial charge in [0.15, 0.2) is 0 Å². The number of hydrogen-bond donors (Lipinski definition) is 2. The van der Waals surface area contributed by atoms with E-state index >= 15 is 0 Å². The lowest BCUT2D eigenvalue weighted by atomic mass is 9.94. The van der Waals surface area contributed by atoms with Gasteiger partial charge in [-0.1, -0.05) is 169 Å². The summed E-state index contributed by atoms with van der Waals surface area (Å²) in [6.07, 6.45) is 35.4. The average molecular weight is 525 g/mol. The molecule has 0 aliphatic carbocycles. The Morgan fingerprint density at radius 2 is 0.892 bits per heavy atom. The SMILES string of the molecule is C=C(NCCCC(C)C)NCC(CCCCCCCCCCCC)CCCCCCCCCCCCC.[HH].[HH]. The first-order chi connectivity index (χ1) is 18.1. The van der Waals surface area contributed by atoms with E-state index in [9.17, 15) is 0 Å². The molecule has 2 N–H and O–H groups in total. The summed E-state index contributed by atoms with van der Waals surface area (Å²) in [6, 6.07) is 0. The Bertz CT molecular complexity index is 456. The van der Waals surface area contributed by atoms with Crippen LogP contribution in [0.1, 0.15) is 191 Å². The van der Waals surface area contributed by atoms with Gasteiger partial charge in [0.05, 0.1) is 5.82 Å². The number of unbranched alkanes of at least 4 members (excludes halogenated alkanes) is 19. The predicted molar refractivity (Wildman–Crippen MR) is 174 cm³/mol. The lowest BCUT2D eigenvalue weighted by molar-refractivity contribution is 0.387. The summed E-state index contributed by atoms with van der Waals surface area (Å²) in [5, 5.41) is 7.15. The monoisotopic (exact) mass is 525 g/mol. The van der Waals surface area contributed by atoms with Crippen molar-refractivity contribution in [1.82, 2.24) is 10.6 Å². The predicted octanol–water partition coefficient (Wildman–Crippen LogP) is 12.2. The second-order valence-corrected chi connectivity index (χ2v) is 12.5. The molecule has 226 valence electrons. The zero-order chi connectivity index (χ0) is 27.2. The molecule has 2 heteroatoms. The Labute approximate surface area is 239 Å². The van der Waals surface area contributed by atoms with Gasteiger partial charge in [-0.25, -0.2) is 0 Å². The molecular weight excluding hydrogens is 448 g/mol. The largest absolute Gasteiger partial charge is 0.372 e. The minimum absolute atomic E-state index is 0. The second-order valence-electron chi connectivity index (χ2n) is 12.5. The Balaban J connectivity index is -0.00000648. The molecule has 0 heterocycles. The third-order valence-electron chi connectivity index (χ3n) is 8.08. The molecule has 0 aliphatic heterocycles. The van der Waals surface area contributed by atoms with Crippen LogP contribution < -0.4 is 10.6 Å². The van der Waals surface area contributed by atoms with Gasteiger partial charge < -0.3 is 10.6 Å². The van der Waals surface area contributed by atoms with Gasteiger partial charge >= 0.3 is 0 Å². The molecule has 1 unspecified atom stereocenters. The standard InChI is InChI=1S/C35H72N2.2H2/c1-6-8-10-12-14-16-18-20-22-24-26-30-35(32-37-34(5)36-31-27-28-33(3)4)29-25-23-21-19-17-15-13-11-9-7-2;;/h33,35-37H,5-32H2,1-4H3;2*1H. The van der Waals surface area contributed by atoms with Crippen LogP contribution in [0.5, 0.6) is 0 Å². The summed E-state index contributed by atoms with van der Waals surface area (Å²) in [4.78, 5) is 0. The molecule has 0 aromatic heterocycles. The average Bonchev–Trinajstić information content (AvgIpc) is 2.88. The highest BCUT2D eigenvalue weighted by molar-refractivity contribution is 4.88. The molecule has 0 fully saturated rings. The van der Waals surface area contributed by atoms with Gasteiger partial charge in [0.1, 0.15) is 0 Å². The molecular formula is C35H76N2. The first kappa shape index (κ1) is 36.3. The van der Waals surface area contributed by atoms with E-state index in [1.165, 1.54) is 161 Å². The van der Waals surface area contributed by atoms with Crippen LogP contribution in [0.3, 0.4) is 0 Å². The van der Waals surface area contributed by atoms with E-state index in [0.717, 1.165) is 30.7 Å². The third kappa shape index (κ3) is 29.7. The molecule has 0 aromatic carbocycles. The van der Waals surface area contributed by atoms with E-state index in [4.69, 9.17) is 0 Å². The minimum atomic E-state index is 0. The smallest absolute Gasteiger partial charge is 0.0912 e. The van der Waals surface area contributed by atoms with Crippen molar-refractivity contribution in [1.29, 1.82) is 0 Å². The summed E-state index contributed by atoms with van der Waals surface area (Å²) in [5.41, 5.74) is 0. The maximum Gasteiger partial charge on any atom is 0.0912 e. The Hall–Kier alpha value is -0.660. The number of nitrogens with one attached hydrogen (secondary N) is 2. The van der Waals surface area contributed by atoms with Crippen LogP contribution in [-0.4, -0.2) is 13.1 Å². The van der Waals surface area contributed by atoms with Crippen LogP contribution in [0.2, 0.25) is 0 Å². The van der Waals surface area contributed by atoms with Gasteiger partial charge in [-0.05, 0) is 37.5 Å². The lowest BCUT2D eigenvalue weighted by Gasteiger charge is -2.20.